The van der Waals surface area contributed by atoms with Gasteiger partial charge in [0.2, 0.25) is 0 Å². The summed E-state index contributed by atoms with van der Waals surface area (Å²) in [5.41, 5.74) is 2.63. The number of aryl methyl sites for hydroxylation is 1. The highest BCUT2D eigenvalue weighted by Gasteiger charge is 2.34. The molecule has 0 aliphatic carbocycles. The number of rotatable bonds is 6. The third-order valence-corrected chi connectivity index (χ3v) is 6.01. The topological polar surface area (TPSA) is 90.3 Å². The highest BCUT2D eigenvalue weighted by atomic mass is 19.1. The molecule has 2 N–H and O–H groups in total. The number of carbonyl (C=O) groups is 1. The Hall–Kier alpha value is -3.54. The van der Waals surface area contributed by atoms with Crippen LogP contribution in [0.25, 0.3) is 10.9 Å². The zero-order chi connectivity index (χ0) is 23.4. The van der Waals surface area contributed by atoms with E-state index in [4.69, 9.17) is 10.00 Å². The first-order chi connectivity index (χ1) is 16.0. The number of methoxy groups -OCH3 is 1. The number of amides is 2. The van der Waals surface area contributed by atoms with Gasteiger partial charge in [0.25, 0.3) is 0 Å². The van der Waals surface area contributed by atoms with Crippen LogP contribution < -0.4 is 10.6 Å². The minimum absolute atomic E-state index is 0.0589. The number of fused-ring (bicyclic) bond motifs is 1. The highest BCUT2D eigenvalue weighted by Crippen LogP contribution is 2.28. The van der Waals surface area contributed by atoms with E-state index in [9.17, 15) is 9.18 Å². The standard InChI is InChI=1S/C25H26FN5O2/c1-16-22(11-18-10-19(13-27)21(26)12-23(18)28-16)29-25(32)30-24-15-31(8-9-33-2)14-20(24)17-6-4-3-5-7-17/h3-7,10-12,20,24H,8-9,14-15H2,1-2H3,(H2,29,30,32)/t20-,24+/m0/s1. The van der Waals surface area contributed by atoms with Crippen LogP contribution in [0.5, 0.6) is 0 Å². The number of nitriles is 1. The van der Waals surface area contributed by atoms with E-state index in [1.54, 1.807) is 20.1 Å². The van der Waals surface area contributed by atoms with E-state index in [2.05, 4.69) is 32.7 Å². The van der Waals surface area contributed by atoms with Crippen molar-refractivity contribution in [2.24, 2.45) is 0 Å². The molecule has 1 saturated heterocycles. The second-order valence-electron chi connectivity index (χ2n) is 8.23. The van der Waals surface area contributed by atoms with E-state index in [0.29, 0.717) is 28.9 Å². The number of nitrogens with zero attached hydrogens (tertiary/aromatic N) is 3. The first kappa shape index (κ1) is 22.6. The second-order valence-corrected chi connectivity index (χ2v) is 8.23. The van der Waals surface area contributed by atoms with Gasteiger partial charge < -0.3 is 15.4 Å². The number of anilines is 1. The van der Waals surface area contributed by atoms with Gasteiger partial charge in [0.1, 0.15) is 11.9 Å². The smallest absolute Gasteiger partial charge is 0.319 e. The fourth-order valence-corrected chi connectivity index (χ4v) is 4.30. The predicted octanol–water partition coefficient (Wildman–Crippen LogP) is 3.79. The molecule has 2 heterocycles. The van der Waals surface area contributed by atoms with Crippen molar-refractivity contribution in [3.05, 3.63) is 71.2 Å². The Kier molecular flexibility index (Phi) is 6.82. The van der Waals surface area contributed by atoms with Gasteiger partial charge in [-0.2, -0.15) is 5.26 Å². The number of hydrogen-bond acceptors (Lipinski definition) is 5. The molecular formula is C25H26FN5O2. The lowest BCUT2D eigenvalue weighted by atomic mass is 9.94. The van der Waals surface area contributed by atoms with E-state index in [0.717, 1.165) is 19.6 Å². The number of pyridine rings is 1. The van der Waals surface area contributed by atoms with Gasteiger partial charge in [-0.3, -0.25) is 9.88 Å². The molecule has 1 aliphatic rings. The minimum atomic E-state index is -0.610. The average molecular weight is 448 g/mol. The van der Waals surface area contributed by atoms with Crippen molar-refractivity contribution in [3.63, 3.8) is 0 Å². The highest BCUT2D eigenvalue weighted by molar-refractivity contribution is 5.93. The molecule has 0 saturated carbocycles. The molecule has 7 nitrogen and oxygen atoms in total. The summed E-state index contributed by atoms with van der Waals surface area (Å²) in [4.78, 5) is 19.6. The average Bonchev–Trinajstić information content (AvgIpc) is 3.21. The van der Waals surface area contributed by atoms with Crippen LogP contribution in [0.3, 0.4) is 0 Å². The zero-order valence-electron chi connectivity index (χ0n) is 18.6. The fraction of sp³-hybridized carbons (Fsp3) is 0.320. The Bertz CT molecular complexity index is 1190. The number of benzene rings is 2. The van der Waals surface area contributed by atoms with Crippen molar-refractivity contribution < 1.29 is 13.9 Å². The predicted molar refractivity (Wildman–Crippen MR) is 125 cm³/mol. The molecule has 8 heteroatoms. The maximum absolute atomic E-state index is 13.9. The minimum Gasteiger partial charge on any atom is -0.383 e. The normalized spacial score (nSPS) is 18.2. The fourth-order valence-electron chi connectivity index (χ4n) is 4.30. The Balaban J connectivity index is 1.52. The lowest BCUT2D eigenvalue weighted by Gasteiger charge is -2.21. The number of aromatic nitrogens is 1. The van der Waals surface area contributed by atoms with E-state index < -0.39 is 5.82 Å². The molecule has 1 fully saturated rings. The molecule has 1 aliphatic heterocycles. The van der Waals surface area contributed by atoms with Crippen molar-refractivity contribution >= 4 is 22.6 Å². The summed E-state index contributed by atoms with van der Waals surface area (Å²) in [7, 11) is 1.68. The van der Waals surface area contributed by atoms with Crippen LogP contribution in [-0.4, -0.2) is 55.3 Å². The van der Waals surface area contributed by atoms with Gasteiger partial charge in [0, 0.05) is 44.1 Å². The van der Waals surface area contributed by atoms with Crippen molar-refractivity contribution in [3.8, 4) is 6.07 Å². The number of ether oxygens (including phenoxy) is 1. The molecule has 2 amide bonds. The molecule has 3 aromatic rings. The van der Waals surface area contributed by atoms with E-state index in [-0.39, 0.29) is 23.6 Å². The third kappa shape index (κ3) is 5.11. The molecule has 0 radical (unpaired) electrons. The molecule has 2 atom stereocenters. The summed E-state index contributed by atoms with van der Waals surface area (Å²) in [6, 6.07) is 16.0. The second kappa shape index (κ2) is 9.94. The van der Waals surface area contributed by atoms with Gasteiger partial charge in [-0.15, -0.1) is 0 Å². The zero-order valence-corrected chi connectivity index (χ0v) is 18.6. The molecule has 0 unspecified atom stereocenters. The molecule has 1 aromatic heterocycles. The van der Waals surface area contributed by atoms with Crippen molar-refractivity contribution in [1.82, 2.24) is 15.2 Å². The SMILES string of the molecule is COCCN1C[C@@H](NC(=O)Nc2cc3cc(C#N)c(F)cc3nc2C)[C@H](c2ccccc2)C1. The number of carbonyl (C=O) groups excluding carboxylic acids is 1. The molecule has 0 spiro atoms. The largest absolute Gasteiger partial charge is 0.383 e. The summed E-state index contributed by atoms with van der Waals surface area (Å²) in [5.74, 6) is -0.452. The lowest BCUT2D eigenvalue weighted by Crippen LogP contribution is -2.42. The van der Waals surface area contributed by atoms with Crippen LogP contribution in [0.1, 0.15) is 22.7 Å². The molecule has 33 heavy (non-hydrogen) atoms. The summed E-state index contributed by atoms with van der Waals surface area (Å²) in [6.07, 6.45) is 0. The quantitative estimate of drug-likeness (QED) is 0.600. The van der Waals surface area contributed by atoms with Gasteiger partial charge in [0.15, 0.2) is 0 Å². The molecule has 170 valence electrons. The summed E-state index contributed by atoms with van der Waals surface area (Å²) >= 11 is 0. The first-order valence-electron chi connectivity index (χ1n) is 10.8. The van der Waals surface area contributed by atoms with E-state index in [1.165, 1.54) is 17.7 Å². The number of urea groups is 1. The van der Waals surface area contributed by atoms with Crippen LogP contribution in [0, 0.1) is 24.1 Å². The van der Waals surface area contributed by atoms with Crippen molar-refractivity contribution in [2.45, 2.75) is 18.9 Å². The van der Waals surface area contributed by atoms with Gasteiger partial charge >= 0.3 is 6.03 Å². The number of halogens is 1. The van der Waals surface area contributed by atoms with Gasteiger partial charge in [-0.25, -0.2) is 9.18 Å². The number of likely N-dealkylation sites (tertiary alicyclic amines) is 1. The van der Waals surface area contributed by atoms with Gasteiger partial charge in [-0.1, -0.05) is 30.3 Å². The van der Waals surface area contributed by atoms with Gasteiger partial charge in [-0.05, 0) is 24.6 Å². The van der Waals surface area contributed by atoms with Gasteiger partial charge in [0.05, 0.1) is 35.1 Å². The Labute approximate surface area is 192 Å². The monoisotopic (exact) mass is 447 g/mol. The van der Waals surface area contributed by atoms with E-state index >= 15 is 0 Å². The van der Waals surface area contributed by atoms with Crippen LogP contribution in [0.2, 0.25) is 0 Å². The summed E-state index contributed by atoms with van der Waals surface area (Å²) in [5, 5.41) is 15.7. The van der Waals surface area contributed by atoms with Crippen molar-refractivity contribution in [2.75, 3.05) is 38.7 Å². The molecular weight excluding hydrogens is 421 g/mol. The lowest BCUT2D eigenvalue weighted by molar-refractivity contribution is 0.159. The molecule has 4 rings (SSSR count). The summed E-state index contributed by atoms with van der Waals surface area (Å²) < 4.78 is 19.1. The van der Waals surface area contributed by atoms with Crippen LogP contribution in [-0.2, 0) is 4.74 Å². The van der Waals surface area contributed by atoms with Crippen LogP contribution >= 0.6 is 0 Å². The molecule has 2 aromatic carbocycles. The molecule has 0 bridgehead atoms. The van der Waals surface area contributed by atoms with E-state index in [1.807, 2.05) is 24.3 Å². The Morgan fingerprint density at radius 3 is 2.79 bits per heavy atom. The number of nitrogens with one attached hydrogen (secondary N) is 2. The van der Waals surface area contributed by atoms with Crippen LogP contribution in [0.15, 0.2) is 48.5 Å². The third-order valence-electron chi connectivity index (χ3n) is 6.01. The Morgan fingerprint density at radius 2 is 2.06 bits per heavy atom. The summed E-state index contributed by atoms with van der Waals surface area (Å²) in [6.45, 7) is 4.73. The number of hydrogen-bond donors (Lipinski definition) is 2. The Morgan fingerprint density at radius 1 is 1.27 bits per heavy atom. The first-order valence-corrected chi connectivity index (χ1v) is 10.8. The van der Waals surface area contributed by atoms with Crippen LogP contribution in [0.4, 0.5) is 14.9 Å². The maximum Gasteiger partial charge on any atom is 0.319 e. The maximum atomic E-state index is 13.9. The van der Waals surface area contributed by atoms with Crippen molar-refractivity contribution in [1.29, 1.82) is 5.26 Å².